The lowest BCUT2D eigenvalue weighted by Crippen LogP contribution is -2.51. The van der Waals surface area contributed by atoms with Crippen LogP contribution in [0.25, 0.3) is 0 Å². The van der Waals surface area contributed by atoms with Crippen LogP contribution in [0.1, 0.15) is 12.8 Å². The van der Waals surface area contributed by atoms with Crippen LogP contribution < -0.4 is 18.9 Å². The molecule has 2 aromatic carbocycles. The van der Waals surface area contributed by atoms with E-state index < -0.39 is 11.0 Å². The van der Waals surface area contributed by atoms with E-state index in [9.17, 15) is 4.21 Å². The molecular weight excluding hydrogens is 464 g/mol. The van der Waals surface area contributed by atoms with Gasteiger partial charge in [-0.25, -0.2) is 12.8 Å². The lowest BCUT2D eigenvalue weighted by atomic mass is 10.0. The fraction of sp³-hybridized carbons (Fsp3) is 0.478. The number of benzene rings is 2. The van der Waals surface area contributed by atoms with Gasteiger partial charge in [-0.1, -0.05) is 0 Å². The van der Waals surface area contributed by atoms with Crippen LogP contribution >= 0.6 is 11.9 Å². The summed E-state index contributed by atoms with van der Waals surface area (Å²) in [5, 5.41) is 0. The van der Waals surface area contributed by atoms with Gasteiger partial charge >= 0.3 is 0 Å². The SMILES string of the molecule is COc1ccc(SN2CCOC23CCN(S(=O)c2ccc(OC)c(OC)c2)CC3)cc1OC. The third-order valence-electron chi connectivity index (χ3n) is 5.99. The minimum atomic E-state index is -1.28. The predicted molar refractivity (Wildman–Crippen MR) is 128 cm³/mol. The first-order chi connectivity index (χ1) is 16.0. The molecule has 4 rings (SSSR count). The third-order valence-corrected chi connectivity index (χ3v) is 8.68. The molecule has 2 saturated heterocycles. The summed E-state index contributed by atoms with van der Waals surface area (Å²) in [6.07, 6.45) is 1.54. The summed E-state index contributed by atoms with van der Waals surface area (Å²) in [6, 6.07) is 11.3. The summed E-state index contributed by atoms with van der Waals surface area (Å²) in [5.41, 5.74) is -0.365. The van der Waals surface area contributed by atoms with E-state index in [0.717, 1.165) is 24.3 Å². The standard InChI is InChI=1S/C23H30N2O6S2/c1-27-19-7-5-17(15-21(19)29-3)32-25-13-14-31-23(25)9-11-24(12-10-23)33(26)18-6-8-20(28-2)22(16-18)30-4/h5-8,15-16H,9-14H2,1-4H3. The van der Waals surface area contributed by atoms with Crippen molar-refractivity contribution >= 4 is 22.9 Å². The van der Waals surface area contributed by atoms with E-state index in [1.54, 1.807) is 52.5 Å². The summed E-state index contributed by atoms with van der Waals surface area (Å²) in [5.74, 6) is 2.61. The normalized spacial score (nSPS) is 19.4. The number of ether oxygens (including phenoxy) is 5. The number of hydrogen-bond donors (Lipinski definition) is 0. The highest BCUT2D eigenvalue weighted by molar-refractivity contribution is 7.97. The van der Waals surface area contributed by atoms with Gasteiger partial charge in [-0.3, -0.25) is 0 Å². The zero-order valence-electron chi connectivity index (χ0n) is 19.4. The van der Waals surface area contributed by atoms with Crippen molar-refractivity contribution in [3.05, 3.63) is 36.4 Å². The monoisotopic (exact) mass is 494 g/mol. The van der Waals surface area contributed by atoms with Crippen molar-refractivity contribution in [2.45, 2.75) is 28.4 Å². The van der Waals surface area contributed by atoms with Crippen molar-refractivity contribution in [2.24, 2.45) is 0 Å². The fourth-order valence-electron chi connectivity index (χ4n) is 4.19. The minimum absolute atomic E-state index is 0.365. The zero-order chi connectivity index (χ0) is 23.4. The van der Waals surface area contributed by atoms with Gasteiger partial charge in [-0.05, 0) is 42.3 Å². The second kappa shape index (κ2) is 10.5. The first-order valence-electron chi connectivity index (χ1n) is 10.7. The molecule has 2 aliphatic heterocycles. The maximum atomic E-state index is 13.2. The molecule has 8 nitrogen and oxygen atoms in total. The van der Waals surface area contributed by atoms with Gasteiger partial charge in [0, 0.05) is 43.4 Å². The van der Waals surface area contributed by atoms with Crippen LogP contribution in [0.2, 0.25) is 0 Å². The zero-order valence-corrected chi connectivity index (χ0v) is 21.0. The Kier molecular flexibility index (Phi) is 7.70. The van der Waals surface area contributed by atoms with E-state index in [1.165, 1.54) is 0 Å². The number of nitrogens with zero attached hydrogens (tertiary/aromatic N) is 2. The van der Waals surface area contributed by atoms with Crippen LogP contribution in [0.5, 0.6) is 23.0 Å². The Morgan fingerprint density at radius 1 is 0.848 bits per heavy atom. The predicted octanol–water partition coefficient (Wildman–Crippen LogP) is 3.58. The van der Waals surface area contributed by atoms with Gasteiger partial charge in [-0.15, -0.1) is 0 Å². The van der Waals surface area contributed by atoms with E-state index in [1.807, 2.05) is 28.6 Å². The summed E-state index contributed by atoms with van der Waals surface area (Å²) in [6.45, 7) is 2.85. The highest BCUT2D eigenvalue weighted by Crippen LogP contribution is 2.43. The number of piperidine rings is 1. The van der Waals surface area contributed by atoms with Gasteiger partial charge in [0.1, 0.15) is 16.7 Å². The van der Waals surface area contributed by atoms with Crippen molar-refractivity contribution < 1.29 is 27.9 Å². The minimum Gasteiger partial charge on any atom is -0.493 e. The molecule has 0 amide bonds. The van der Waals surface area contributed by atoms with E-state index in [4.69, 9.17) is 23.7 Å². The first kappa shape index (κ1) is 24.2. The Bertz CT molecular complexity index is 997. The Morgan fingerprint density at radius 2 is 1.45 bits per heavy atom. The molecule has 10 heteroatoms. The van der Waals surface area contributed by atoms with Crippen LogP contribution in [0, 0.1) is 0 Å². The van der Waals surface area contributed by atoms with E-state index in [0.29, 0.717) is 47.6 Å². The first-order valence-corrected chi connectivity index (χ1v) is 12.6. The smallest absolute Gasteiger partial charge is 0.161 e. The number of rotatable bonds is 8. The molecule has 0 N–H and O–H groups in total. The van der Waals surface area contributed by atoms with Gasteiger partial charge in [-0.2, -0.15) is 0 Å². The summed E-state index contributed by atoms with van der Waals surface area (Å²) < 4.78 is 45.2. The van der Waals surface area contributed by atoms with Crippen LogP contribution in [-0.2, 0) is 15.7 Å². The lowest BCUT2D eigenvalue weighted by Gasteiger charge is -2.42. The molecule has 0 radical (unpaired) electrons. The quantitative estimate of drug-likeness (QED) is 0.516. The van der Waals surface area contributed by atoms with E-state index in [2.05, 4.69) is 4.31 Å². The van der Waals surface area contributed by atoms with Crippen LogP contribution in [0.4, 0.5) is 0 Å². The highest BCUT2D eigenvalue weighted by Gasteiger charge is 2.46. The van der Waals surface area contributed by atoms with Crippen LogP contribution in [-0.4, -0.2) is 73.2 Å². The van der Waals surface area contributed by atoms with Crippen molar-refractivity contribution in [2.75, 3.05) is 54.7 Å². The van der Waals surface area contributed by atoms with Crippen LogP contribution in [0.15, 0.2) is 46.2 Å². The third kappa shape index (κ3) is 4.95. The summed E-state index contributed by atoms with van der Waals surface area (Å²) >= 11 is 1.67. The van der Waals surface area contributed by atoms with Crippen molar-refractivity contribution in [3.8, 4) is 23.0 Å². The average molecular weight is 495 g/mol. The maximum absolute atomic E-state index is 13.2. The Labute approximate surface area is 201 Å². The molecule has 2 fully saturated rings. The molecule has 2 aromatic rings. The van der Waals surface area contributed by atoms with Gasteiger partial charge in [0.25, 0.3) is 0 Å². The molecule has 1 spiro atoms. The molecule has 0 aromatic heterocycles. The molecule has 0 aliphatic carbocycles. The van der Waals surface area contributed by atoms with Crippen molar-refractivity contribution in [1.29, 1.82) is 0 Å². The van der Waals surface area contributed by atoms with Crippen LogP contribution in [0.3, 0.4) is 0 Å². The maximum Gasteiger partial charge on any atom is 0.161 e. The molecule has 2 heterocycles. The van der Waals surface area contributed by atoms with Gasteiger partial charge in [0.05, 0.1) is 39.9 Å². The average Bonchev–Trinajstić information content (AvgIpc) is 3.24. The van der Waals surface area contributed by atoms with Gasteiger partial charge in [0.15, 0.2) is 23.0 Å². The molecule has 33 heavy (non-hydrogen) atoms. The lowest BCUT2D eigenvalue weighted by molar-refractivity contribution is -0.0771. The topological polar surface area (TPSA) is 69.7 Å². The van der Waals surface area contributed by atoms with Crippen molar-refractivity contribution in [3.63, 3.8) is 0 Å². The summed E-state index contributed by atoms with van der Waals surface area (Å²) in [7, 11) is 5.16. The summed E-state index contributed by atoms with van der Waals surface area (Å²) in [4.78, 5) is 1.77. The molecule has 0 bridgehead atoms. The Balaban J connectivity index is 1.43. The van der Waals surface area contributed by atoms with Gasteiger partial charge in [0.2, 0.25) is 0 Å². The van der Waals surface area contributed by atoms with E-state index >= 15 is 0 Å². The Hall–Kier alpha value is -1.98. The number of methoxy groups -OCH3 is 4. The second-order valence-electron chi connectivity index (χ2n) is 7.70. The number of hydrogen-bond acceptors (Lipinski definition) is 8. The largest absolute Gasteiger partial charge is 0.493 e. The molecule has 1 atom stereocenters. The molecule has 1 unspecified atom stereocenters. The molecular formula is C23H30N2O6S2. The van der Waals surface area contributed by atoms with E-state index in [-0.39, 0.29) is 5.72 Å². The highest BCUT2D eigenvalue weighted by atomic mass is 32.2. The molecule has 2 aliphatic rings. The molecule has 180 valence electrons. The molecule has 0 saturated carbocycles. The Morgan fingerprint density at radius 3 is 2.09 bits per heavy atom. The van der Waals surface area contributed by atoms with Gasteiger partial charge < -0.3 is 23.7 Å². The fourth-order valence-corrected chi connectivity index (χ4v) is 6.51. The van der Waals surface area contributed by atoms with Crippen molar-refractivity contribution in [1.82, 2.24) is 8.61 Å². The second-order valence-corrected chi connectivity index (χ2v) is 10.3.